The van der Waals surface area contributed by atoms with Crippen LogP contribution in [0.4, 0.5) is 5.82 Å². The minimum Gasteiger partial charge on any atom is -0.465 e. The molecule has 1 heterocycles. The quantitative estimate of drug-likeness (QED) is 0.796. The topological polar surface area (TPSA) is 96.3 Å². The van der Waals surface area contributed by atoms with Gasteiger partial charge < -0.3 is 10.5 Å². The maximum atomic E-state index is 12.4. The number of anilines is 1. The number of ether oxygens (including phenoxy) is 1. The van der Waals surface area contributed by atoms with Crippen LogP contribution in [0.2, 0.25) is 0 Å². The summed E-state index contributed by atoms with van der Waals surface area (Å²) in [6.07, 6.45) is 0. The van der Waals surface area contributed by atoms with E-state index in [1.165, 1.54) is 4.57 Å². The number of carbonyl (C=O) groups is 1. The van der Waals surface area contributed by atoms with E-state index in [2.05, 4.69) is 0 Å². The summed E-state index contributed by atoms with van der Waals surface area (Å²) in [4.78, 5) is 35.8. The van der Waals surface area contributed by atoms with Crippen LogP contribution in [0, 0.1) is 0 Å². The first-order chi connectivity index (χ1) is 10.5. The van der Waals surface area contributed by atoms with Crippen LogP contribution >= 0.6 is 0 Å². The zero-order chi connectivity index (χ0) is 16.1. The lowest BCUT2D eigenvalue weighted by atomic mass is 10.2. The molecule has 0 bridgehead atoms. The maximum Gasteiger partial charge on any atom is 0.333 e. The molecular weight excluding hydrogens is 286 g/mol. The number of nitrogens with two attached hydrogens (primary N) is 1. The normalized spacial score (nSPS) is 10.4. The van der Waals surface area contributed by atoms with Gasteiger partial charge in [-0.2, -0.15) is 0 Å². The third-order valence-electron chi connectivity index (χ3n) is 3.09. The molecule has 0 aliphatic heterocycles. The summed E-state index contributed by atoms with van der Waals surface area (Å²) >= 11 is 0. The SMILES string of the molecule is CCOC(=O)Cn1c(=O)cc(N)n(Cc2ccccc2)c1=O. The molecule has 22 heavy (non-hydrogen) atoms. The van der Waals surface area contributed by atoms with Crippen molar-refractivity contribution >= 4 is 11.8 Å². The number of esters is 1. The average Bonchev–Trinajstić information content (AvgIpc) is 2.49. The van der Waals surface area contributed by atoms with Crippen LogP contribution in [0.1, 0.15) is 12.5 Å². The fourth-order valence-corrected chi connectivity index (χ4v) is 2.04. The first-order valence-electron chi connectivity index (χ1n) is 6.82. The summed E-state index contributed by atoms with van der Waals surface area (Å²) in [7, 11) is 0. The smallest absolute Gasteiger partial charge is 0.333 e. The Morgan fingerprint density at radius 3 is 2.50 bits per heavy atom. The highest BCUT2D eigenvalue weighted by Gasteiger charge is 2.13. The molecule has 0 unspecified atom stereocenters. The Labute approximate surface area is 126 Å². The minimum absolute atomic E-state index is 0.0546. The van der Waals surface area contributed by atoms with E-state index in [-0.39, 0.29) is 19.0 Å². The van der Waals surface area contributed by atoms with E-state index in [4.69, 9.17) is 10.5 Å². The van der Waals surface area contributed by atoms with Crippen molar-refractivity contribution in [2.24, 2.45) is 0 Å². The molecule has 2 aromatic rings. The Balaban J connectivity index is 2.41. The highest BCUT2D eigenvalue weighted by Crippen LogP contribution is 2.03. The van der Waals surface area contributed by atoms with Crippen molar-refractivity contribution in [1.82, 2.24) is 9.13 Å². The second kappa shape index (κ2) is 6.75. The Bertz CT molecular complexity index is 778. The molecule has 0 radical (unpaired) electrons. The zero-order valence-electron chi connectivity index (χ0n) is 12.2. The third-order valence-corrected chi connectivity index (χ3v) is 3.09. The molecule has 0 saturated heterocycles. The van der Waals surface area contributed by atoms with Gasteiger partial charge in [-0.15, -0.1) is 0 Å². The van der Waals surface area contributed by atoms with Gasteiger partial charge in [-0.1, -0.05) is 30.3 Å². The van der Waals surface area contributed by atoms with Crippen molar-refractivity contribution in [2.45, 2.75) is 20.0 Å². The van der Waals surface area contributed by atoms with Crippen molar-refractivity contribution in [3.63, 3.8) is 0 Å². The molecule has 1 aromatic heterocycles. The summed E-state index contributed by atoms with van der Waals surface area (Å²) in [6, 6.07) is 10.3. The van der Waals surface area contributed by atoms with E-state index in [0.717, 1.165) is 16.2 Å². The Morgan fingerprint density at radius 2 is 1.86 bits per heavy atom. The number of aromatic nitrogens is 2. The van der Waals surface area contributed by atoms with Gasteiger partial charge in [-0.25, -0.2) is 9.36 Å². The zero-order valence-corrected chi connectivity index (χ0v) is 12.2. The summed E-state index contributed by atoms with van der Waals surface area (Å²) in [5, 5.41) is 0. The lowest BCUT2D eigenvalue weighted by Crippen LogP contribution is -2.42. The first kappa shape index (κ1) is 15.6. The monoisotopic (exact) mass is 303 g/mol. The highest BCUT2D eigenvalue weighted by atomic mass is 16.5. The number of nitrogens with zero attached hydrogens (tertiary/aromatic N) is 2. The predicted octanol–water partition coefficient (Wildman–Crippen LogP) is 0.204. The summed E-state index contributed by atoms with van der Waals surface area (Å²) in [5.41, 5.74) is 5.36. The second-order valence-corrected chi connectivity index (χ2v) is 4.65. The van der Waals surface area contributed by atoms with Crippen LogP contribution in [-0.2, 0) is 22.6 Å². The molecule has 0 amide bonds. The first-order valence-corrected chi connectivity index (χ1v) is 6.82. The largest absolute Gasteiger partial charge is 0.465 e. The molecule has 0 fully saturated rings. The summed E-state index contributed by atoms with van der Waals surface area (Å²) in [6.45, 7) is 1.62. The van der Waals surface area contributed by atoms with Gasteiger partial charge in [0.05, 0.1) is 13.2 Å². The Hall–Kier alpha value is -2.83. The van der Waals surface area contributed by atoms with Crippen molar-refractivity contribution in [3.05, 3.63) is 62.8 Å². The molecular formula is C15H17N3O4. The second-order valence-electron chi connectivity index (χ2n) is 4.65. The number of hydrogen-bond donors (Lipinski definition) is 1. The van der Waals surface area contributed by atoms with Crippen molar-refractivity contribution in [2.75, 3.05) is 12.3 Å². The van der Waals surface area contributed by atoms with Crippen LogP contribution in [0.15, 0.2) is 46.0 Å². The van der Waals surface area contributed by atoms with E-state index < -0.39 is 23.8 Å². The number of carbonyl (C=O) groups excluding carboxylic acids is 1. The lowest BCUT2D eigenvalue weighted by molar-refractivity contribution is -0.143. The van der Waals surface area contributed by atoms with Crippen LogP contribution in [0.3, 0.4) is 0 Å². The average molecular weight is 303 g/mol. The van der Waals surface area contributed by atoms with Crippen LogP contribution in [0.5, 0.6) is 0 Å². The summed E-state index contributed by atoms with van der Waals surface area (Å²) in [5.74, 6) is -0.586. The van der Waals surface area contributed by atoms with E-state index in [0.29, 0.717) is 0 Å². The number of nitrogen functional groups attached to an aromatic ring is 1. The van der Waals surface area contributed by atoms with Gasteiger partial charge >= 0.3 is 11.7 Å². The Kier molecular flexibility index (Phi) is 4.77. The molecule has 0 atom stereocenters. The molecule has 0 spiro atoms. The molecule has 0 aliphatic rings. The van der Waals surface area contributed by atoms with Crippen LogP contribution < -0.4 is 17.0 Å². The molecule has 116 valence electrons. The molecule has 7 nitrogen and oxygen atoms in total. The standard InChI is InChI=1S/C15H17N3O4/c1-2-22-14(20)10-18-13(19)8-12(16)17(15(18)21)9-11-6-4-3-5-7-11/h3-8H,2,9-10,16H2,1H3. The van der Waals surface area contributed by atoms with Crippen molar-refractivity contribution in [1.29, 1.82) is 0 Å². The van der Waals surface area contributed by atoms with E-state index >= 15 is 0 Å². The van der Waals surface area contributed by atoms with Gasteiger partial charge in [-0.3, -0.25) is 14.2 Å². The number of rotatable bonds is 5. The van der Waals surface area contributed by atoms with Crippen LogP contribution in [-0.4, -0.2) is 21.7 Å². The fraction of sp³-hybridized carbons (Fsp3) is 0.267. The van der Waals surface area contributed by atoms with Crippen LogP contribution in [0.25, 0.3) is 0 Å². The van der Waals surface area contributed by atoms with Gasteiger partial charge in [0.25, 0.3) is 5.56 Å². The molecule has 7 heteroatoms. The van der Waals surface area contributed by atoms with E-state index in [1.54, 1.807) is 6.92 Å². The lowest BCUT2D eigenvalue weighted by Gasteiger charge is -2.12. The number of hydrogen-bond acceptors (Lipinski definition) is 5. The molecule has 1 aromatic carbocycles. The number of benzene rings is 1. The predicted molar refractivity (Wildman–Crippen MR) is 81.6 cm³/mol. The van der Waals surface area contributed by atoms with Crippen molar-refractivity contribution < 1.29 is 9.53 Å². The van der Waals surface area contributed by atoms with Gasteiger partial charge in [0, 0.05) is 6.07 Å². The van der Waals surface area contributed by atoms with Gasteiger partial charge in [0.1, 0.15) is 12.4 Å². The molecule has 2 rings (SSSR count). The van der Waals surface area contributed by atoms with Crippen molar-refractivity contribution in [3.8, 4) is 0 Å². The third kappa shape index (κ3) is 3.43. The molecule has 0 aliphatic carbocycles. The molecule has 0 saturated carbocycles. The fourth-order valence-electron chi connectivity index (χ4n) is 2.04. The Morgan fingerprint density at radius 1 is 1.18 bits per heavy atom. The van der Waals surface area contributed by atoms with E-state index in [9.17, 15) is 14.4 Å². The molecule has 2 N–H and O–H groups in total. The maximum absolute atomic E-state index is 12.4. The van der Waals surface area contributed by atoms with E-state index in [1.807, 2.05) is 30.3 Å². The summed E-state index contributed by atoms with van der Waals surface area (Å²) < 4.78 is 6.83. The van der Waals surface area contributed by atoms with Gasteiger partial charge in [0.15, 0.2) is 0 Å². The van der Waals surface area contributed by atoms with Gasteiger partial charge in [0.2, 0.25) is 0 Å². The van der Waals surface area contributed by atoms with Gasteiger partial charge in [-0.05, 0) is 12.5 Å². The highest BCUT2D eigenvalue weighted by molar-refractivity contribution is 5.69. The minimum atomic E-state index is -0.641.